The Morgan fingerprint density at radius 3 is 2.10 bits per heavy atom. The van der Waals surface area contributed by atoms with E-state index in [1.807, 2.05) is 0 Å². The van der Waals surface area contributed by atoms with E-state index in [0.717, 1.165) is 12.1 Å². The summed E-state index contributed by atoms with van der Waals surface area (Å²) in [5.41, 5.74) is -0.198. The van der Waals surface area contributed by atoms with Gasteiger partial charge in [0.2, 0.25) is 0 Å². The molecule has 0 unspecified atom stereocenters. The predicted molar refractivity (Wildman–Crippen MR) is 77.8 cm³/mol. The van der Waals surface area contributed by atoms with Crippen LogP contribution < -0.4 is 5.32 Å². The number of benzene rings is 2. The molecule has 2 N–H and O–H groups in total. The Balaban J connectivity index is 2.38. The summed E-state index contributed by atoms with van der Waals surface area (Å²) in [4.78, 5) is 23.2. The van der Waals surface area contributed by atoms with Crippen LogP contribution in [0.3, 0.4) is 0 Å². The van der Waals surface area contributed by atoms with Gasteiger partial charge in [0.1, 0.15) is 5.82 Å². The second-order valence-electron chi connectivity index (χ2n) is 4.05. The average molecular weight is 328 g/mol. The van der Waals surface area contributed by atoms with Gasteiger partial charge in [0.05, 0.1) is 26.9 Å². The molecule has 2 aromatic rings. The zero-order valence-electron chi connectivity index (χ0n) is 10.4. The van der Waals surface area contributed by atoms with Crippen LogP contribution in [-0.2, 0) is 0 Å². The third kappa shape index (κ3) is 3.32. The van der Waals surface area contributed by atoms with E-state index in [0.29, 0.717) is 0 Å². The molecule has 0 aliphatic carbocycles. The van der Waals surface area contributed by atoms with Crippen molar-refractivity contribution in [2.75, 3.05) is 5.32 Å². The number of amides is 1. The number of carbonyl (C=O) groups is 2. The summed E-state index contributed by atoms with van der Waals surface area (Å²) in [6.45, 7) is 0. The molecule has 0 spiro atoms. The molecule has 21 heavy (non-hydrogen) atoms. The number of carboxylic acids is 1. The smallest absolute Gasteiger partial charge is 0.336 e. The van der Waals surface area contributed by atoms with E-state index in [1.54, 1.807) is 0 Å². The highest BCUT2D eigenvalue weighted by molar-refractivity contribution is 6.40. The van der Waals surface area contributed by atoms with Crippen molar-refractivity contribution in [3.8, 4) is 0 Å². The lowest BCUT2D eigenvalue weighted by molar-refractivity contribution is 0.0692. The zero-order valence-corrected chi connectivity index (χ0v) is 11.9. The number of halogens is 3. The number of rotatable bonds is 3. The van der Waals surface area contributed by atoms with Gasteiger partial charge in [-0.2, -0.15) is 0 Å². The number of carboxylic acid groups (broad SMARTS) is 1. The maximum absolute atomic E-state index is 13.1. The lowest BCUT2D eigenvalue weighted by Crippen LogP contribution is -2.16. The van der Waals surface area contributed by atoms with Crippen molar-refractivity contribution in [3.63, 3.8) is 0 Å². The van der Waals surface area contributed by atoms with Crippen LogP contribution in [-0.4, -0.2) is 17.0 Å². The molecule has 2 aromatic carbocycles. The number of aromatic carboxylic acids is 1. The van der Waals surface area contributed by atoms with Crippen molar-refractivity contribution in [2.45, 2.75) is 0 Å². The van der Waals surface area contributed by atoms with Gasteiger partial charge in [-0.1, -0.05) is 35.3 Å². The molecule has 0 atom stereocenters. The van der Waals surface area contributed by atoms with Crippen molar-refractivity contribution in [3.05, 3.63) is 63.4 Å². The van der Waals surface area contributed by atoms with Crippen LogP contribution >= 0.6 is 23.2 Å². The van der Waals surface area contributed by atoms with Gasteiger partial charge in [0, 0.05) is 0 Å². The summed E-state index contributed by atoms with van der Waals surface area (Å²) < 4.78 is 13.1. The first kappa shape index (κ1) is 15.3. The van der Waals surface area contributed by atoms with E-state index in [1.165, 1.54) is 24.3 Å². The first-order chi connectivity index (χ1) is 9.90. The molecule has 0 saturated carbocycles. The minimum atomic E-state index is -1.24. The molecule has 7 heteroatoms. The minimum Gasteiger partial charge on any atom is -0.478 e. The third-order valence-electron chi connectivity index (χ3n) is 2.65. The van der Waals surface area contributed by atoms with Gasteiger partial charge in [-0.15, -0.1) is 0 Å². The van der Waals surface area contributed by atoms with Crippen LogP contribution in [0.2, 0.25) is 10.0 Å². The van der Waals surface area contributed by atoms with Gasteiger partial charge in [0.15, 0.2) is 0 Å². The van der Waals surface area contributed by atoms with E-state index in [-0.39, 0.29) is 26.9 Å². The van der Waals surface area contributed by atoms with Crippen molar-refractivity contribution in [2.24, 2.45) is 0 Å². The largest absolute Gasteiger partial charge is 0.478 e. The van der Waals surface area contributed by atoms with Crippen LogP contribution in [0.15, 0.2) is 36.4 Å². The Kier molecular flexibility index (Phi) is 4.45. The Labute approximate surface area is 129 Å². The minimum absolute atomic E-state index is 0.0184. The van der Waals surface area contributed by atoms with Crippen LogP contribution in [0.5, 0.6) is 0 Å². The van der Waals surface area contributed by atoms with Crippen LogP contribution in [0, 0.1) is 5.82 Å². The summed E-state index contributed by atoms with van der Waals surface area (Å²) >= 11 is 11.6. The third-order valence-corrected chi connectivity index (χ3v) is 3.24. The highest BCUT2D eigenvalue weighted by Gasteiger charge is 2.18. The summed E-state index contributed by atoms with van der Waals surface area (Å²) in [6, 6.07) is 7.65. The lowest BCUT2D eigenvalue weighted by Gasteiger charge is -2.11. The summed E-state index contributed by atoms with van der Waals surface area (Å²) in [5.74, 6) is -2.59. The van der Waals surface area contributed by atoms with Crippen LogP contribution in [0.4, 0.5) is 10.1 Å². The van der Waals surface area contributed by atoms with E-state index in [9.17, 15) is 14.0 Å². The molecule has 0 heterocycles. The Bertz CT molecular complexity index is 711. The monoisotopic (exact) mass is 327 g/mol. The molecule has 108 valence electrons. The highest BCUT2D eigenvalue weighted by Crippen LogP contribution is 2.31. The molecule has 0 aromatic heterocycles. The fourth-order valence-electron chi connectivity index (χ4n) is 1.71. The molecule has 0 bridgehead atoms. The van der Waals surface area contributed by atoms with Crippen molar-refractivity contribution in [1.29, 1.82) is 0 Å². The van der Waals surface area contributed by atoms with E-state index >= 15 is 0 Å². The number of hydrogen-bond donors (Lipinski definition) is 2. The Hall–Kier alpha value is -2.11. The lowest BCUT2D eigenvalue weighted by atomic mass is 10.1. The Morgan fingerprint density at radius 1 is 1.05 bits per heavy atom. The van der Waals surface area contributed by atoms with E-state index in [4.69, 9.17) is 28.3 Å². The summed E-state index contributed by atoms with van der Waals surface area (Å²) in [5, 5.41) is 11.3. The molecule has 2 rings (SSSR count). The van der Waals surface area contributed by atoms with Crippen molar-refractivity contribution >= 4 is 40.8 Å². The zero-order chi connectivity index (χ0) is 15.6. The highest BCUT2D eigenvalue weighted by atomic mass is 35.5. The van der Waals surface area contributed by atoms with Crippen LogP contribution in [0.25, 0.3) is 0 Å². The number of carbonyl (C=O) groups excluding carboxylic acids is 1. The molecule has 0 aliphatic rings. The molecule has 0 aliphatic heterocycles. The van der Waals surface area contributed by atoms with Gasteiger partial charge in [-0.3, -0.25) is 4.79 Å². The predicted octanol–water partition coefficient (Wildman–Crippen LogP) is 4.08. The molecule has 1 amide bonds. The van der Waals surface area contributed by atoms with E-state index < -0.39 is 17.7 Å². The molecule has 4 nitrogen and oxygen atoms in total. The van der Waals surface area contributed by atoms with Gasteiger partial charge in [-0.05, 0) is 24.3 Å². The summed E-state index contributed by atoms with van der Waals surface area (Å²) in [7, 11) is 0. The van der Waals surface area contributed by atoms with Gasteiger partial charge in [0.25, 0.3) is 5.91 Å². The molecule has 0 saturated heterocycles. The fraction of sp³-hybridized carbons (Fsp3) is 0. The normalized spacial score (nSPS) is 10.2. The number of anilines is 1. The second-order valence-corrected chi connectivity index (χ2v) is 4.86. The maximum atomic E-state index is 13.1. The fourth-order valence-corrected chi connectivity index (χ4v) is 2.27. The standard InChI is InChI=1S/C14H8Cl2FNO3/c15-10-5-7(17)6-11(16)12(10)18-13(19)8-3-1-2-4-9(8)14(20)21/h1-6H,(H,18,19)(H,20,21). The van der Waals surface area contributed by atoms with Crippen molar-refractivity contribution < 1.29 is 19.1 Å². The van der Waals surface area contributed by atoms with E-state index in [2.05, 4.69) is 5.32 Å². The quantitative estimate of drug-likeness (QED) is 0.892. The van der Waals surface area contributed by atoms with Gasteiger partial charge in [-0.25, -0.2) is 9.18 Å². The first-order valence-electron chi connectivity index (χ1n) is 5.68. The number of hydrogen-bond acceptors (Lipinski definition) is 2. The molecular weight excluding hydrogens is 320 g/mol. The topological polar surface area (TPSA) is 66.4 Å². The van der Waals surface area contributed by atoms with Crippen LogP contribution in [0.1, 0.15) is 20.7 Å². The molecule has 0 fully saturated rings. The van der Waals surface area contributed by atoms with Gasteiger partial charge < -0.3 is 10.4 Å². The number of nitrogens with one attached hydrogen (secondary N) is 1. The molecule has 0 radical (unpaired) electrons. The molecular formula is C14H8Cl2FNO3. The average Bonchev–Trinajstić information content (AvgIpc) is 2.42. The van der Waals surface area contributed by atoms with Gasteiger partial charge >= 0.3 is 5.97 Å². The van der Waals surface area contributed by atoms with Crippen molar-refractivity contribution in [1.82, 2.24) is 0 Å². The SMILES string of the molecule is O=C(O)c1ccccc1C(=O)Nc1c(Cl)cc(F)cc1Cl. The maximum Gasteiger partial charge on any atom is 0.336 e. The Morgan fingerprint density at radius 2 is 1.57 bits per heavy atom. The second kappa shape index (κ2) is 6.11. The summed E-state index contributed by atoms with van der Waals surface area (Å²) in [6.07, 6.45) is 0. The first-order valence-corrected chi connectivity index (χ1v) is 6.44.